The number of aromatic nitrogens is 1. The number of hydrogen-bond acceptors (Lipinski definition) is 5. The van der Waals surface area contributed by atoms with Gasteiger partial charge in [0.25, 0.3) is 0 Å². The molecule has 2 aliphatic heterocycles. The average Bonchev–Trinajstić information content (AvgIpc) is 2.66. The van der Waals surface area contributed by atoms with E-state index in [1.54, 1.807) is 0 Å². The van der Waals surface area contributed by atoms with Crippen molar-refractivity contribution < 1.29 is 9.31 Å². The van der Waals surface area contributed by atoms with Crippen LogP contribution in [0.3, 0.4) is 0 Å². The molecule has 0 bridgehead atoms. The van der Waals surface area contributed by atoms with E-state index in [1.165, 1.54) is 5.56 Å². The van der Waals surface area contributed by atoms with E-state index in [9.17, 15) is 0 Å². The summed E-state index contributed by atoms with van der Waals surface area (Å²) in [5, 5.41) is 0. The first-order valence-electron chi connectivity index (χ1n) is 7.63. The Morgan fingerprint density at radius 3 is 2.57 bits per heavy atom. The van der Waals surface area contributed by atoms with Crippen LogP contribution in [0, 0.1) is 0 Å². The van der Waals surface area contributed by atoms with Gasteiger partial charge < -0.3 is 19.9 Å². The first kappa shape index (κ1) is 14.8. The smallest absolute Gasteiger partial charge is 0.399 e. The summed E-state index contributed by atoms with van der Waals surface area (Å²) in [5.41, 5.74) is 7.37. The lowest BCUT2D eigenvalue weighted by Crippen LogP contribution is -2.41. The summed E-state index contributed by atoms with van der Waals surface area (Å²) in [6.45, 7) is 9.75. The van der Waals surface area contributed by atoms with Gasteiger partial charge in [-0.05, 0) is 46.1 Å². The van der Waals surface area contributed by atoms with Gasteiger partial charge in [0, 0.05) is 18.2 Å². The summed E-state index contributed by atoms with van der Waals surface area (Å²) in [5.74, 6) is 1.00. The van der Waals surface area contributed by atoms with Crippen LogP contribution < -0.4 is 16.1 Å². The zero-order valence-corrected chi connectivity index (χ0v) is 13.3. The Bertz CT molecular complexity index is 532. The van der Waals surface area contributed by atoms with Crippen molar-refractivity contribution >= 4 is 18.4 Å². The minimum atomic E-state index is -0.346. The summed E-state index contributed by atoms with van der Waals surface area (Å²) >= 11 is 0. The highest BCUT2D eigenvalue weighted by atomic mass is 16.7. The lowest BCUT2D eigenvalue weighted by molar-refractivity contribution is 0.00578. The van der Waals surface area contributed by atoms with E-state index in [0.29, 0.717) is 6.67 Å². The minimum Gasteiger partial charge on any atom is -0.399 e. The van der Waals surface area contributed by atoms with Gasteiger partial charge in [-0.2, -0.15) is 0 Å². The molecule has 0 aromatic carbocycles. The summed E-state index contributed by atoms with van der Waals surface area (Å²) in [6.07, 6.45) is 4.00. The molecular formula is C15H24BN3O2. The zero-order valence-electron chi connectivity index (χ0n) is 13.3. The Morgan fingerprint density at radius 1 is 1.29 bits per heavy atom. The topological polar surface area (TPSA) is 60.6 Å². The van der Waals surface area contributed by atoms with Crippen LogP contribution in [0.25, 0.3) is 0 Å². The van der Waals surface area contributed by atoms with E-state index in [-0.39, 0.29) is 18.3 Å². The average molecular weight is 289 g/mol. The van der Waals surface area contributed by atoms with Crippen LogP contribution in [0.15, 0.2) is 12.3 Å². The largest absolute Gasteiger partial charge is 0.496 e. The van der Waals surface area contributed by atoms with Crippen molar-refractivity contribution in [2.24, 2.45) is 5.73 Å². The van der Waals surface area contributed by atoms with Crippen LogP contribution in [0.2, 0.25) is 0 Å². The molecule has 0 spiro atoms. The summed E-state index contributed by atoms with van der Waals surface area (Å²) in [6, 6.07) is 2.16. The molecule has 6 heteroatoms. The van der Waals surface area contributed by atoms with Gasteiger partial charge in [0.2, 0.25) is 0 Å². The highest BCUT2D eigenvalue weighted by molar-refractivity contribution is 6.62. The molecule has 2 N–H and O–H groups in total. The molecule has 0 atom stereocenters. The summed E-state index contributed by atoms with van der Waals surface area (Å²) in [4.78, 5) is 6.72. The van der Waals surface area contributed by atoms with E-state index in [1.807, 2.05) is 6.20 Å². The Labute approximate surface area is 127 Å². The van der Waals surface area contributed by atoms with Crippen LogP contribution in [0.1, 0.15) is 39.7 Å². The maximum Gasteiger partial charge on any atom is 0.496 e. The van der Waals surface area contributed by atoms with Crippen LogP contribution >= 0.6 is 0 Å². The molecule has 0 radical (unpaired) electrons. The fourth-order valence-electron chi connectivity index (χ4n) is 2.84. The Kier molecular flexibility index (Phi) is 3.51. The van der Waals surface area contributed by atoms with Gasteiger partial charge in [0.05, 0.1) is 17.9 Å². The summed E-state index contributed by atoms with van der Waals surface area (Å²) in [7, 11) is -0.346. The Balaban J connectivity index is 1.89. The predicted molar refractivity (Wildman–Crippen MR) is 84.7 cm³/mol. The third kappa shape index (κ3) is 2.45. The molecule has 1 fully saturated rings. The molecule has 0 amide bonds. The monoisotopic (exact) mass is 289 g/mol. The van der Waals surface area contributed by atoms with E-state index in [0.717, 1.165) is 30.7 Å². The van der Waals surface area contributed by atoms with E-state index in [2.05, 4.69) is 43.6 Å². The van der Waals surface area contributed by atoms with Gasteiger partial charge in [0.1, 0.15) is 5.82 Å². The van der Waals surface area contributed by atoms with Crippen molar-refractivity contribution in [3.05, 3.63) is 17.8 Å². The quantitative estimate of drug-likeness (QED) is 0.825. The highest BCUT2D eigenvalue weighted by Gasteiger charge is 2.51. The van der Waals surface area contributed by atoms with Crippen molar-refractivity contribution in [3.63, 3.8) is 0 Å². The van der Waals surface area contributed by atoms with Crippen molar-refractivity contribution in [1.82, 2.24) is 4.98 Å². The number of rotatable bonds is 2. The summed E-state index contributed by atoms with van der Waals surface area (Å²) < 4.78 is 12.2. The first-order chi connectivity index (χ1) is 9.84. The van der Waals surface area contributed by atoms with Crippen LogP contribution in [-0.4, -0.2) is 36.5 Å². The molecule has 5 nitrogen and oxygen atoms in total. The molecule has 1 aromatic heterocycles. The number of nitrogens with zero attached hydrogens (tertiary/aromatic N) is 2. The van der Waals surface area contributed by atoms with Crippen LogP contribution in [0.4, 0.5) is 5.82 Å². The molecule has 2 aliphatic rings. The second-order valence-electron chi connectivity index (χ2n) is 6.89. The number of pyridine rings is 1. The molecule has 1 saturated heterocycles. The van der Waals surface area contributed by atoms with E-state index < -0.39 is 0 Å². The second kappa shape index (κ2) is 4.97. The molecule has 1 aromatic rings. The van der Waals surface area contributed by atoms with Crippen molar-refractivity contribution in [2.75, 3.05) is 18.1 Å². The maximum absolute atomic E-state index is 6.09. The molecule has 0 saturated carbocycles. The minimum absolute atomic E-state index is 0.323. The molecule has 3 rings (SSSR count). The molecule has 114 valence electrons. The number of nitrogens with two attached hydrogens (primary N) is 1. The third-order valence-corrected chi connectivity index (χ3v) is 4.88. The normalized spacial score (nSPS) is 23.3. The van der Waals surface area contributed by atoms with Gasteiger partial charge in [-0.15, -0.1) is 0 Å². The van der Waals surface area contributed by atoms with E-state index in [4.69, 9.17) is 15.0 Å². The Hall–Kier alpha value is -1.11. The molecular weight excluding hydrogens is 265 g/mol. The number of hydrogen-bond donors (Lipinski definition) is 1. The lowest BCUT2D eigenvalue weighted by atomic mass is 9.79. The predicted octanol–water partition coefficient (Wildman–Crippen LogP) is 1.05. The molecule has 21 heavy (non-hydrogen) atoms. The van der Waals surface area contributed by atoms with Crippen LogP contribution in [-0.2, 0) is 15.7 Å². The number of fused-ring (bicyclic) bond motifs is 1. The number of aryl methyl sites for hydroxylation is 1. The van der Waals surface area contributed by atoms with Crippen molar-refractivity contribution in [1.29, 1.82) is 0 Å². The van der Waals surface area contributed by atoms with Crippen LogP contribution in [0.5, 0.6) is 0 Å². The van der Waals surface area contributed by atoms with Crippen molar-refractivity contribution in [2.45, 2.75) is 51.7 Å². The standard InChI is InChI=1S/C15H24BN3O2/c1-14(2)15(3,4)21-16(20-14)12-8-11-6-5-7-19(10-17)13(11)18-9-12/h8-9H,5-7,10,17H2,1-4H3. The maximum atomic E-state index is 6.09. The fraction of sp³-hybridized carbons (Fsp3) is 0.667. The van der Waals surface area contributed by atoms with Gasteiger partial charge in [-0.3, -0.25) is 0 Å². The molecule has 3 heterocycles. The SMILES string of the molecule is CC1(C)OB(c2cnc3c(c2)CCCN3CN)OC1(C)C. The van der Waals surface area contributed by atoms with E-state index >= 15 is 0 Å². The van der Waals surface area contributed by atoms with Gasteiger partial charge in [-0.1, -0.05) is 6.07 Å². The lowest BCUT2D eigenvalue weighted by Gasteiger charge is -2.32. The Morgan fingerprint density at radius 2 is 1.95 bits per heavy atom. The number of anilines is 1. The van der Waals surface area contributed by atoms with Gasteiger partial charge >= 0.3 is 7.12 Å². The second-order valence-corrected chi connectivity index (χ2v) is 6.89. The third-order valence-electron chi connectivity index (χ3n) is 4.88. The molecule has 0 unspecified atom stereocenters. The van der Waals surface area contributed by atoms with Gasteiger partial charge in [0.15, 0.2) is 0 Å². The van der Waals surface area contributed by atoms with Gasteiger partial charge in [-0.25, -0.2) is 4.98 Å². The zero-order chi connectivity index (χ0) is 15.3. The highest BCUT2D eigenvalue weighted by Crippen LogP contribution is 2.36. The fourth-order valence-corrected chi connectivity index (χ4v) is 2.84. The first-order valence-corrected chi connectivity index (χ1v) is 7.63. The van der Waals surface area contributed by atoms with Crippen molar-refractivity contribution in [3.8, 4) is 0 Å². The molecule has 0 aliphatic carbocycles.